The van der Waals surface area contributed by atoms with E-state index < -0.39 is 0 Å². The van der Waals surface area contributed by atoms with E-state index in [1.807, 2.05) is 0 Å². The summed E-state index contributed by atoms with van der Waals surface area (Å²) >= 11 is 0. The third-order valence-electron chi connectivity index (χ3n) is 6.95. The lowest BCUT2D eigenvalue weighted by molar-refractivity contribution is 0.491. The number of rotatable bonds is 8. The van der Waals surface area contributed by atoms with Crippen molar-refractivity contribution in [2.45, 2.75) is 39.8 Å². The Kier molecular flexibility index (Phi) is 8.29. The molecule has 38 heavy (non-hydrogen) atoms. The van der Waals surface area contributed by atoms with Crippen LogP contribution in [0, 0.1) is 0 Å². The van der Waals surface area contributed by atoms with Crippen molar-refractivity contribution in [2.75, 3.05) is 13.1 Å². The Morgan fingerprint density at radius 3 is 0.921 bits per heavy atom. The Bertz CT molecular complexity index is 1130. The predicted molar refractivity (Wildman–Crippen MR) is 159 cm³/mol. The molecular formula is C34H38N4. The Balaban J connectivity index is 1.12. The Labute approximate surface area is 228 Å². The van der Waals surface area contributed by atoms with Gasteiger partial charge >= 0.3 is 0 Å². The molecule has 4 heteroatoms. The van der Waals surface area contributed by atoms with Crippen molar-refractivity contribution in [2.24, 2.45) is 0 Å². The molecule has 0 atom stereocenters. The Morgan fingerprint density at radius 2 is 0.658 bits per heavy atom. The fourth-order valence-corrected chi connectivity index (χ4v) is 4.80. The van der Waals surface area contributed by atoms with Gasteiger partial charge in [0.15, 0.2) is 0 Å². The van der Waals surface area contributed by atoms with Gasteiger partial charge < -0.3 is 19.6 Å². The van der Waals surface area contributed by atoms with Crippen LogP contribution >= 0.6 is 0 Å². The van der Waals surface area contributed by atoms with Crippen LogP contribution in [0.15, 0.2) is 145 Å². The van der Waals surface area contributed by atoms with E-state index in [4.69, 9.17) is 0 Å². The lowest BCUT2D eigenvalue weighted by Crippen LogP contribution is -2.14. The first-order valence-corrected chi connectivity index (χ1v) is 13.7. The van der Waals surface area contributed by atoms with Crippen molar-refractivity contribution in [3.63, 3.8) is 0 Å². The largest absolute Gasteiger partial charge is 0.354 e. The van der Waals surface area contributed by atoms with Gasteiger partial charge in [-0.25, -0.2) is 0 Å². The molecule has 1 aromatic carbocycles. The number of nitrogens with zero attached hydrogens (tertiary/aromatic N) is 4. The second-order valence-corrected chi connectivity index (χ2v) is 9.98. The van der Waals surface area contributed by atoms with Gasteiger partial charge in [0.05, 0.1) is 0 Å². The molecule has 0 saturated heterocycles. The average Bonchev–Trinajstić information content (AvgIpc) is 2.96. The van der Waals surface area contributed by atoms with E-state index in [2.05, 4.69) is 156 Å². The molecule has 0 N–H and O–H groups in total. The van der Waals surface area contributed by atoms with Crippen LogP contribution in [-0.2, 0) is 13.1 Å². The normalized spacial score (nSPS) is 18.2. The summed E-state index contributed by atoms with van der Waals surface area (Å²) in [6.07, 6.45) is 37.2. The number of hydrogen-bond donors (Lipinski definition) is 0. The van der Waals surface area contributed by atoms with E-state index >= 15 is 0 Å². The zero-order chi connectivity index (χ0) is 26.2. The van der Waals surface area contributed by atoms with Crippen LogP contribution in [0.1, 0.15) is 37.8 Å². The first kappa shape index (κ1) is 25.5. The van der Waals surface area contributed by atoms with Crippen LogP contribution in [0.5, 0.6) is 0 Å². The summed E-state index contributed by atoms with van der Waals surface area (Å²) < 4.78 is 0. The van der Waals surface area contributed by atoms with Gasteiger partial charge in [-0.05, 0) is 94.9 Å². The maximum Gasteiger partial charge on any atom is 0.0470 e. The summed E-state index contributed by atoms with van der Waals surface area (Å²) in [4.78, 5) is 8.94. The molecule has 0 unspecified atom stereocenters. The van der Waals surface area contributed by atoms with Gasteiger partial charge in [0, 0.05) is 75.8 Å². The summed E-state index contributed by atoms with van der Waals surface area (Å²) in [5, 5.41) is 0. The first-order chi connectivity index (χ1) is 18.7. The third kappa shape index (κ3) is 6.57. The highest BCUT2D eigenvalue weighted by atomic mass is 15.1. The highest BCUT2D eigenvalue weighted by Crippen LogP contribution is 2.22. The van der Waals surface area contributed by atoms with E-state index in [-0.39, 0.29) is 0 Å². The molecule has 0 bridgehead atoms. The van der Waals surface area contributed by atoms with E-state index in [9.17, 15) is 0 Å². The smallest absolute Gasteiger partial charge is 0.0470 e. The minimum absolute atomic E-state index is 0.864. The van der Waals surface area contributed by atoms with Gasteiger partial charge in [0.2, 0.25) is 0 Å². The lowest BCUT2D eigenvalue weighted by Gasteiger charge is -2.22. The molecule has 4 aliphatic rings. The van der Waals surface area contributed by atoms with Crippen molar-refractivity contribution in [1.82, 2.24) is 19.6 Å². The molecule has 1 aromatic rings. The van der Waals surface area contributed by atoms with Crippen LogP contribution in [-0.4, -0.2) is 32.7 Å². The molecule has 5 rings (SSSR count). The van der Waals surface area contributed by atoms with Crippen molar-refractivity contribution in [3.05, 3.63) is 156 Å². The molecular weight excluding hydrogens is 464 g/mol. The van der Waals surface area contributed by atoms with Gasteiger partial charge in [-0.1, -0.05) is 38.1 Å². The Morgan fingerprint density at radius 1 is 0.395 bits per heavy atom. The second kappa shape index (κ2) is 12.4. The molecule has 0 radical (unpaired) electrons. The van der Waals surface area contributed by atoms with Crippen LogP contribution in [0.4, 0.5) is 0 Å². The van der Waals surface area contributed by atoms with Crippen LogP contribution in [0.3, 0.4) is 0 Å². The lowest BCUT2D eigenvalue weighted by atomic mass is 10.0. The minimum atomic E-state index is 0.864. The summed E-state index contributed by atoms with van der Waals surface area (Å²) in [6.45, 7) is 8.26. The summed E-state index contributed by atoms with van der Waals surface area (Å²) in [5.74, 6) is 0. The first-order valence-electron chi connectivity index (χ1n) is 13.7. The summed E-state index contributed by atoms with van der Waals surface area (Å²) in [7, 11) is 0. The van der Waals surface area contributed by atoms with Crippen molar-refractivity contribution in [1.29, 1.82) is 0 Å². The number of allylic oxidation sites excluding steroid dienone is 12. The van der Waals surface area contributed by atoms with Crippen molar-refractivity contribution in [3.8, 4) is 0 Å². The number of hydrogen-bond acceptors (Lipinski definition) is 4. The van der Waals surface area contributed by atoms with Gasteiger partial charge in [0.1, 0.15) is 0 Å². The topological polar surface area (TPSA) is 13.0 Å². The summed E-state index contributed by atoms with van der Waals surface area (Å²) in [6, 6.07) is 8.96. The summed E-state index contributed by atoms with van der Waals surface area (Å²) in [5.41, 5.74) is 7.60. The molecule has 194 valence electrons. The van der Waals surface area contributed by atoms with Gasteiger partial charge in [0.25, 0.3) is 0 Å². The standard InChI is InChI=1S/C34H38N4/c1-3-17-35-19-9-31(10-20-35)33-13-23-37(24-14-33)27-29-5-7-30(8-6-29)28-38-25-15-34(16-26-38)32-11-21-36(18-4-2)22-12-32/h5-16,19-26H,3-4,17-18,27-28H2,1-2H3. The molecule has 0 aliphatic carbocycles. The molecule has 0 fully saturated rings. The minimum Gasteiger partial charge on any atom is -0.354 e. The maximum atomic E-state index is 2.24. The highest BCUT2D eigenvalue weighted by Gasteiger charge is 2.09. The maximum absolute atomic E-state index is 2.24. The zero-order valence-corrected chi connectivity index (χ0v) is 22.6. The quantitative estimate of drug-likeness (QED) is 0.365. The van der Waals surface area contributed by atoms with Gasteiger partial charge in [-0.2, -0.15) is 0 Å². The Hall–Kier alpha value is -4.18. The van der Waals surface area contributed by atoms with E-state index in [1.54, 1.807) is 0 Å². The SMILES string of the molecule is CCCN1C=CC(=C2C=CN(Cc3ccc(CN4C=CC(=C5C=CN(CCC)C=C5)C=C4)cc3)C=C2)C=C1. The molecule has 4 nitrogen and oxygen atoms in total. The van der Waals surface area contributed by atoms with E-state index in [0.717, 1.165) is 39.0 Å². The van der Waals surface area contributed by atoms with E-state index in [0.29, 0.717) is 0 Å². The average molecular weight is 503 g/mol. The zero-order valence-electron chi connectivity index (χ0n) is 22.6. The van der Waals surface area contributed by atoms with Crippen LogP contribution in [0.25, 0.3) is 0 Å². The van der Waals surface area contributed by atoms with Gasteiger partial charge in [-0.3, -0.25) is 0 Å². The number of benzene rings is 1. The molecule has 4 aliphatic heterocycles. The fraction of sp³-hybridized carbons (Fsp3) is 0.235. The van der Waals surface area contributed by atoms with E-state index in [1.165, 1.54) is 33.4 Å². The highest BCUT2D eigenvalue weighted by molar-refractivity contribution is 5.50. The molecule has 0 amide bonds. The van der Waals surface area contributed by atoms with Crippen molar-refractivity contribution < 1.29 is 0 Å². The van der Waals surface area contributed by atoms with Crippen molar-refractivity contribution >= 4 is 0 Å². The van der Waals surface area contributed by atoms with Crippen LogP contribution in [0.2, 0.25) is 0 Å². The van der Waals surface area contributed by atoms with Crippen LogP contribution < -0.4 is 0 Å². The molecule has 0 saturated carbocycles. The fourth-order valence-electron chi connectivity index (χ4n) is 4.80. The monoisotopic (exact) mass is 502 g/mol. The molecule has 0 spiro atoms. The molecule has 4 heterocycles. The predicted octanol–water partition coefficient (Wildman–Crippen LogP) is 7.47. The third-order valence-corrected chi connectivity index (χ3v) is 6.95. The molecule has 0 aromatic heterocycles. The second-order valence-electron chi connectivity index (χ2n) is 9.98. The van der Waals surface area contributed by atoms with Gasteiger partial charge in [-0.15, -0.1) is 0 Å².